The molecular formula is C19H19N3O4. The highest BCUT2D eigenvalue weighted by atomic mass is 16.6. The minimum atomic E-state index is -0.547. The molecule has 0 radical (unpaired) electrons. The predicted molar refractivity (Wildman–Crippen MR) is 97.2 cm³/mol. The lowest BCUT2D eigenvalue weighted by molar-refractivity contribution is -0.384. The summed E-state index contributed by atoms with van der Waals surface area (Å²) in [6.07, 6.45) is 4.33. The van der Waals surface area contributed by atoms with Crippen molar-refractivity contribution < 1.29 is 14.5 Å². The summed E-state index contributed by atoms with van der Waals surface area (Å²) in [6.45, 7) is 0. The van der Waals surface area contributed by atoms with Gasteiger partial charge in [-0.25, -0.2) is 0 Å². The quantitative estimate of drug-likeness (QED) is 0.634. The van der Waals surface area contributed by atoms with Gasteiger partial charge in [0.1, 0.15) is 0 Å². The first kappa shape index (κ1) is 17.6. The van der Waals surface area contributed by atoms with Crippen LogP contribution in [0.2, 0.25) is 0 Å². The Kier molecular flexibility index (Phi) is 5.26. The minimum Gasteiger partial charge on any atom is -0.349 e. The third kappa shape index (κ3) is 4.24. The summed E-state index contributed by atoms with van der Waals surface area (Å²) in [5.41, 5.74) is 1.10. The summed E-state index contributed by atoms with van der Waals surface area (Å²) < 4.78 is 0. The van der Waals surface area contributed by atoms with Gasteiger partial charge in [-0.3, -0.25) is 19.7 Å². The van der Waals surface area contributed by atoms with E-state index in [-0.39, 0.29) is 23.2 Å². The number of rotatable bonds is 5. The van der Waals surface area contributed by atoms with Crippen LogP contribution in [-0.2, 0) is 0 Å². The second kappa shape index (κ2) is 7.77. The van der Waals surface area contributed by atoms with Gasteiger partial charge in [-0.2, -0.15) is 0 Å². The first-order valence-corrected chi connectivity index (χ1v) is 8.49. The molecule has 0 unspecified atom stereocenters. The number of nitrogens with zero attached hydrogens (tertiary/aromatic N) is 1. The van der Waals surface area contributed by atoms with Crippen LogP contribution in [0.15, 0.2) is 48.5 Å². The van der Waals surface area contributed by atoms with Crippen molar-refractivity contribution in [3.05, 3.63) is 69.8 Å². The van der Waals surface area contributed by atoms with E-state index in [1.165, 1.54) is 24.3 Å². The van der Waals surface area contributed by atoms with E-state index in [0.717, 1.165) is 25.7 Å². The molecule has 0 bridgehead atoms. The fourth-order valence-electron chi connectivity index (χ4n) is 3.01. The Morgan fingerprint density at radius 1 is 0.962 bits per heavy atom. The molecule has 1 fully saturated rings. The zero-order valence-corrected chi connectivity index (χ0v) is 14.1. The second-order valence-corrected chi connectivity index (χ2v) is 6.29. The summed E-state index contributed by atoms with van der Waals surface area (Å²) >= 11 is 0. The van der Waals surface area contributed by atoms with Crippen LogP contribution in [0.4, 0.5) is 11.4 Å². The van der Waals surface area contributed by atoms with Crippen molar-refractivity contribution in [2.75, 3.05) is 5.32 Å². The van der Waals surface area contributed by atoms with Crippen molar-refractivity contribution in [3.8, 4) is 0 Å². The number of nitrogens with one attached hydrogen (secondary N) is 2. The number of carbonyl (C=O) groups excluding carboxylic acids is 2. The van der Waals surface area contributed by atoms with Crippen molar-refractivity contribution in [2.45, 2.75) is 31.7 Å². The van der Waals surface area contributed by atoms with E-state index in [1.807, 2.05) is 0 Å². The van der Waals surface area contributed by atoms with Gasteiger partial charge in [-0.1, -0.05) is 18.9 Å². The summed E-state index contributed by atoms with van der Waals surface area (Å²) in [6, 6.07) is 12.3. The number of hydrogen-bond donors (Lipinski definition) is 2. The Hall–Kier alpha value is -3.22. The van der Waals surface area contributed by atoms with E-state index in [9.17, 15) is 19.7 Å². The lowest BCUT2D eigenvalue weighted by Gasteiger charge is -2.12. The van der Waals surface area contributed by atoms with Gasteiger partial charge in [0.2, 0.25) is 0 Å². The van der Waals surface area contributed by atoms with Crippen molar-refractivity contribution in [2.24, 2.45) is 0 Å². The number of nitro benzene ring substituents is 1. The number of carbonyl (C=O) groups is 2. The van der Waals surface area contributed by atoms with Crippen molar-refractivity contribution in [1.29, 1.82) is 0 Å². The van der Waals surface area contributed by atoms with Crippen LogP contribution >= 0.6 is 0 Å². The Labute approximate surface area is 150 Å². The molecule has 0 atom stereocenters. The zero-order valence-electron chi connectivity index (χ0n) is 14.1. The molecule has 1 saturated carbocycles. The average Bonchev–Trinajstić information content (AvgIpc) is 3.15. The molecule has 7 nitrogen and oxygen atoms in total. The van der Waals surface area contributed by atoms with Gasteiger partial charge in [-0.15, -0.1) is 0 Å². The Morgan fingerprint density at radius 2 is 1.65 bits per heavy atom. The van der Waals surface area contributed by atoms with Gasteiger partial charge in [0.05, 0.1) is 4.92 Å². The maximum atomic E-state index is 12.2. The van der Waals surface area contributed by atoms with E-state index in [4.69, 9.17) is 0 Å². The fourth-order valence-corrected chi connectivity index (χ4v) is 3.01. The second-order valence-electron chi connectivity index (χ2n) is 6.29. The minimum absolute atomic E-state index is 0.117. The average molecular weight is 353 g/mol. The van der Waals surface area contributed by atoms with Crippen LogP contribution < -0.4 is 10.6 Å². The molecule has 26 heavy (non-hydrogen) atoms. The highest BCUT2D eigenvalue weighted by Gasteiger charge is 2.18. The first-order valence-electron chi connectivity index (χ1n) is 8.49. The Morgan fingerprint density at radius 3 is 2.31 bits per heavy atom. The third-order valence-electron chi connectivity index (χ3n) is 4.41. The van der Waals surface area contributed by atoms with Gasteiger partial charge in [-0.05, 0) is 43.2 Å². The van der Waals surface area contributed by atoms with E-state index < -0.39 is 10.8 Å². The lowest BCUT2D eigenvalue weighted by Crippen LogP contribution is -2.32. The lowest BCUT2D eigenvalue weighted by atomic mass is 10.1. The van der Waals surface area contributed by atoms with Gasteiger partial charge in [0, 0.05) is 35.0 Å². The number of nitro groups is 1. The van der Waals surface area contributed by atoms with E-state index in [2.05, 4.69) is 10.6 Å². The van der Waals surface area contributed by atoms with Crippen molar-refractivity contribution in [3.63, 3.8) is 0 Å². The van der Waals surface area contributed by atoms with Crippen LogP contribution in [0.5, 0.6) is 0 Å². The molecule has 0 saturated heterocycles. The molecule has 1 aliphatic carbocycles. The molecule has 2 N–H and O–H groups in total. The standard InChI is InChI=1S/C19H19N3O4/c23-18(20-15-5-1-2-6-15)13-8-10-16(11-9-13)21-19(24)14-4-3-7-17(12-14)22(25)26/h3-4,7-12,15H,1-2,5-6H2,(H,20,23)(H,21,24). The van der Waals surface area contributed by atoms with Gasteiger partial charge < -0.3 is 10.6 Å². The molecule has 134 valence electrons. The number of anilines is 1. The molecule has 7 heteroatoms. The highest BCUT2D eigenvalue weighted by Crippen LogP contribution is 2.19. The fraction of sp³-hybridized carbons (Fsp3) is 0.263. The molecule has 1 aliphatic rings. The van der Waals surface area contributed by atoms with Crippen LogP contribution in [-0.4, -0.2) is 22.8 Å². The number of hydrogen-bond acceptors (Lipinski definition) is 4. The van der Waals surface area contributed by atoms with Crippen molar-refractivity contribution >= 4 is 23.2 Å². The maximum Gasteiger partial charge on any atom is 0.270 e. The summed E-state index contributed by atoms with van der Waals surface area (Å²) in [4.78, 5) is 34.7. The topological polar surface area (TPSA) is 101 Å². The van der Waals surface area contributed by atoms with Crippen LogP contribution in [0.1, 0.15) is 46.4 Å². The number of non-ortho nitro benzene ring substituents is 1. The third-order valence-corrected chi connectivity index (χ3v) is 4.41. The van der Waals surface area contributed by atoms with Crippen LogP contribution in [0.25, 0.3) is 0 Å². The highest BCUT2D eigenvalue weighted by molar-refractivity contribution is 6.05. The monoisotopic (exact) mass is 353 g/mol. The Bertz CT molecular complexity index is 827. The molecule has 2 aromatic carbocycles. The predicted octanol–water partition coefficient (Wildman–Crippen LogP) is 3.52. The van der Waals surface area contributed by atoms with Crippen LogP contribution in [0, 0.1) is 10.1 Å². The SMILES string of the molecule is O=C(Nc1ccc(C(=O)NC2CCCC2)cc1)c1cccc([N+](=O)[O-])c1. The summed E-state index contributed by atoms with van der Waals surface area (Å²) in [5.74, 6) is -0.565. The number of benzene rings is 2. The van der Waals surface area contributed by atoms with E-state index in [0.29, 0.717) is 11.3 Å². The molecule has 0 aromatic heterocycles. The van der Waals surface area contributed by atoms with E-state index in [1.54, 1.807) is 24.3 Å². The molecule has 3 rings (SSSR count). The smallest absolute Gasteiger partial charge is 0.270 e. The van der Waals surface area contributed by atoms with Gasteiger partial charge in [0.25, 0.3) is 17.5 Å². The van der Waals surface area contributed by atoms with Gasteiger partial charge in [0.15, 0.2) is 0 Å². The first-order chi connectivity index (χ1) is 12.5. The summed E-state index contributed by atoms with van der Waals surface area (Å²) in [5, 5.41) is 16.5. The largest absolute Gasteiger partial charge is 0.349 e. The van der Waals surface area contributed by atoms with Gasteiger partial charge >= 0.3 is 0 Å². The molecule has 0 heterocycles. The molecule has 2 aromatic rings. The molecule has 0 aliphatic heterocycles. The Balaban J connectivity index is 1.63. The zero-order chi connectivity index (χ0) is 18.5. The summed E-state index contributed by atoms with van der Waals surface area (Å²) in [7, 11) is 0. The van der Waals surface area contributed by atoms with E-state index >= 15 is 0 Å². The molecule has 0 spiro atoms. The molecule has 2 amide bonds. The number of amides is 2. The maximum absolute atomic E-state index is 12.2. The van der Waals surface area contributed by atoms with Crippen molar-refractivity contribution in [1.82, 2.24) is 5.32 Å². The van der Waals surface area contributed by atoms with Crippen LogP contribution in [0.3, 0.4) is 0 Å². The molecular weight excluding hydrogens is 334 g/mol. The normalized spacial score (nSPS) is 14.0.